The molecule has 1 saturated heterocycles. The standard InChI is InChI=1S/C3H6NOP/c5-6-3-1-2-4-3/h3-4H,1-2H2. The molecular weight excluding hydrogens is 97.0 g/mol. The topological polar surface area (TPSA) is 29.1 Å². The highest BCUT2D eigenvalue weighted by Crippen LogP contribution is 2.12. The van der Waals surface area contributed by atoms with E-state index in [0.29, 0.717) is 0 Å². The molecule has 1 fully saturated rings. The van der Waals surface area contributed by atoms with E-state index in [-0.39, 0.29) is 14.2 Å². The first kappa shape index (κ1) is 4.23. The maximum atomic E-state index is 9.82. The summed E-state index contributed by atoms with van der Waals surface area (Å²) >= 11 is 0. The van der Waals surface area contributed by atoms with Crippen LogP contribution in [0.25, 0.3) is 0 Å². The summed E-state index contributed by atoms with van der Waals surface area (Å²) in [6.07, 6.45) is 1.07. The average Bonchev–Trinajstić information content (AvgIpc) is 1.31. The summed E-state index contributed by atoms with van der Waals surface area (Å²) < 4.78 is 9.82. The minimum absolute atomic E-state index is 0.254. The summed E-state index contributed by atoms with van der Waals surface area (Å²) in [4.78, 5) is 0. The lowest BCUT2D eigenvalue weighted by Crippen LogP contribution is -2.38. The molecule has 0 radical (unpaired) electrons. The Bertz CT molecular complexity index is 61.8. The minimum Gasteiger partial charge on any atom is -0.304 e. The monoisotopic (exact) mass is 103 g/mol. The smallest absolute Gasteiger partial charge is 0.174 e. The van der Waals surface area contributed by atoms with Gasteiger partial charge in [-0.2, -0.15) is 0 Å². The predicted molar refractivity (Wildman–Crippen MR) is 24.0 cm³/mol. The van der Waals surface area contributed by atoms with Crippen LogP contribution in [0.5, 0.6) is 0 Å². The van der Waals surface area contributed by atoms with E-state index < -0.39 is 0 Å². The van der Waals surface area contributed by atoms with Gasteiger partial charge in [-0.25, -0.2) is 0 Å². The summed E-state index contributed by atoms with van der Waals surface area (Å²) in [6.45, 7) is 1.04. The number of hydrogen-bond acceptors (Lipinski definition) is 2. The lowest BCUT2D eigenvalue weighted by molar-refractivity contribution is 0.465. The first-order valence-electron chi connectivity index (χ1n) is 1.99. The van der Waals surface area contributed by atoms with Crippen LogP contribution in [-0.4, -0.2) is 12.3 Å². The molecule has 0 aromatic rings. The molecule has 1 heterocycles. The van der Waals surface area contributed by atoms with Crippen LogP contribution in [0.1, 0.15) is 6.42 Å². The first-order valence-corrected chi connectivity index (χ1v) is 2.87. The first-order chi connectivity index (χ1) is 2.93. The number of nitrogens with one attached hydrogen (secondary N) is 1. The van der Waals surface area contributed by atoms with Crippen molar-refractivity contribution in [1.82, 2.24) is 5.32 Å². The van der Waals surface area contributed by atoms with Crippen molar-refractivity contribution < 1.29 is 4.57 Å². The van der Waals surface area contributed by atoms with Crippen molar-refractivity contribution in [2.24, 2.45) is 0 Å². The van der Waals surface area contributed by atoms with Crippen LogP contribution in [0.4, 0.5) is 0 Å². The molecule has 2 nitrogen and oxygen atoms in total. The van der Waals surface area contributed by atoms with Crippen molar-refractivity contribution in [2.45, 2.75) is 12.2 Å². The van der Waals surface area contributed by atoms with E-state index in [1.807, 2.05) is 0 Å². The zero-order valence-corrected chi connectivity index (χ0v) is 4.24. The third kappa shape index (κ3) is 0.585. The maximum Gasteiger partial charge on any atom is 0.174 e. The fourth-order valence-corrected chi connectivity index (χ4v) is 0.802. The summed E-state index contributed by atoms with van der Waals surface area (Å²) in [5.74, 6) is 0.282. The lowest BCUT2D eigenvalue weighted by atomic mass is 10.3. The molecular formula is C3H6NOP. The minimum atomic E-state index is 0.254. The fraction of sp³-hybridized carbons (Fsp3) is 1.00. The molecule has 0 aromatic carbocycles. The fourth-order valence-electron chi connectivity index (χ4n) is 0.363. The highest BCUT2D eigenvalue weighted by atomic mass is 31.1. The van der Waals surface area contributed by atoms with Crippen LogP contribution in [0.15, 0.2) is 0 Å². The molecule has 1 atom stereocenters. The van der Waals surface area contributed by atoms with Gasteiger partial charge in [0, 0.05) is 0 Å². The van der Waals surface area contributed by atoms with Crippen molar-refractivity contribution in [1.29, 1.82) is 0 Å². The molecule has 3 heteroatoms. The van der Waals surface area contributed by atoms with Gasteiger partial charge in [0.2, 0.25) is 0 Å². The average molecular weight is 103 g/mol. The summed E-state index contributed by atoms with van der Waals surface area (Å²) in [5, 5.41) is 2.97. The molecule has 6 heavy (non-hydrogen) atoms. The Kier molecular flexibility index (Phi) is 1.18. The second kappa shape index (κ2) is 1.67. The Labute approximate surface area is 38.1 Å². The Morgan fingerprint density at radius 2 is 2.50 bits per heavy atom. The SMILES string of the molecule is O=PC1CCN1. The van der Waals surface area contributed by atoms with Gasteiger partial charge in [-0.05, 0) is 13.0 Å². The summed E-state index contributed by atoms with van der Waals surface area (Å²) in [5.41, 5.74) is 0. The molecule has 0 aliphatic carbocycles. The molecule has 1 aliphatic rings. The molecule has 1 rings (SSSR count). The Balaban J connectivity index is 2.16. The number of rotatable bonds is 1. The van der Waals surface area contributed by atoms with Crippen molar-refractivity contribution in [3.8, 4) is 0 Å². The van der Waals surface area contributed by atoms with Gasteiger partial charge in [0.05, 0.1) is 5.78 Å². The van der Waals surface area contributed by atoms with Crippen molar-refractivity contribution in [2.75, 3.05) is 6.54 Å². The molecule has 0 spiro atoms. The predicted octanol–water partition coefficient (Wildman–Crippen LogP) is 0.597. The van der Waals surface area contributed by atoms with Crippen LogP contribution in [0, 0.1) is 0 Å². The van der Waals surface area contributed by atoms with Crippen LogP contribution in [0.3, 0.4) is 0 Å². The van der Waals surface area contributed by atoms with Crippen LogP contribution >= 0.6 is 8.46 Å². The van der Waals surface area contributed by atoms with E-state index in [0.717, 1.165) is 13.0 Å². The second-order valence-electron chi connectivity index (χ2n) is 1.36. The molecule has 0 bridgehead atoms. The molecule has 1 unspecified atom stereocenters. The lowest BCUT2D eigenvalue weighted by Gasteiger charge is -2.19. The van der Waals surface area contributed by atoms with Gasteiger partial charge in [-0.1, -0.05) is 0 Å². The van der Waals surface area contributed by atoms with Gasteiger partial charge in [-0.3, -0.25) is 4.57 Å². The van der Waals surface area contributed by atoms with Gasteiger partial charge < -0.3 is 5.32 Å². The highest BCUT2D eigenvalue weighted by Gasteiger charge is 2.14. The molecule has 0 saturated carbocycles. The van der Waals surface area contributed by atoms with Gasteiger partial charge >= 0.3 is 0 Å². The zero-order valence-electron chi connectivity index (χ0n) is 3.35. The molecule has 1 aliphatic heterocycles. The number of hydrogen-bond donors (Lipinski definition) is 1. The van der Waals surface area contributed by atoms with E-state index in [9.17, 15) is 4.57 Å². The quantitative estimate of drug-likeness (QED) is 0.492. The van der Waals surface area contributed by atoms with E-state index >= 15 is 0 Å². The van der Waals surface area contributed by atoms with E-state index in [1.54, 1.807) is 0 Å². The maximum absolute atomic E-state index is 9.82. The highest BCUT2D eigenvalue weighted by molar-refractivity contribution is 7.24. The van der Waals surface area contributed by atoms with Crippen molar-refractivity contribution >= 4 is 8.46 Å². The Hall–Kier alpha value is 0.0600. The van der Waals surface area contributed by atoms with E-state index in [4.69, 9.17) is 0 Å². The molecule has 34 valence electrons. The second-order valence-corrected chi connectivity index (χ2v) is 2.20. The van der Waals surface area contributed by atoms with Gasteiger partial charge in [0.25, 0.3) is 0 Å². The third-order valence-corrected chi connectivity index (χ3v) is 1.62. The van der Waals surface area contributed by atoms with Crippen molar-refractivity contribution in [3.05, 3.63) is 0 Å². The third-order valence-electron chi connectivity index (χ3n) is 0.925. The van der Waals surface area contributed by atoms with Gasteiger partial charge in [-0.15, -0.1) is 0 Å². The van der Waals surface area contributed by atoms with Gasteiger partial charge in [0.1, 0.15) is 0 Å². The van der Waals surface area contributed by atoms with Gasteiger partial charge in [0.15, 0.2) is 8.46 Å². The van der Waals surface area contributed by atoms with Crippen molar-refractivity contribution in [3.63, 3.8) is 0 Å². The van der Waals surface area contributed by atoms with Crippen LogP contribution < -0.4 is 5.32 Å². The molecule has 1 N–H and O–H groups in total. The van der Waals surface area contributed by atoms with E-state index in [1.165, 1.54) is 0 Å². The summed E-state index contributed by atoms with van der Waals surface area (Å²) in [6, 6.07) is 0. The normalized spacial score (nSPS) is 33.0. The largest absolute Gasteiger partial charge is 0.304 e. The van der Waals surface area contributed by atoms with Crippen LogP contribution in [-0.2, 0) is 4.57 Å². The zero-order chi connectivity index (χ0) is 4.41. The Morgan fingerprint density at radius 3 is 2.50 bits per heavy atom. The van der Waals surface area contributed by atoms with E-state index in [2.05, 4.69) is 5.32 Å². The summed E-state index contributed by atoms with van der Waals surface area (Å²) in [7, 11) is 0.254. The molecule has 0 amide bonds. The van der Waals surface area contributed by atoms with Crippen LogP contribution in [0.2, 0.25) is 0 Å². The molecule has 0 aromatic heterocycles. The Morgan fingerprint density at radius 1 is 1.83 bits per heavy atom.